The van der Waals surface area contributed by atoms with Crippen LogP contribution in [0.1, 0.15) is 24.2 Å². The molecule has 0 unspecified atom stereocenters. The lowest BCUT2D eigenvalue weighted by Gasteiger charge is -2.34. The molecule has 1 amide bonds. The maximum absolute atomic E-state index is 13.0. The van der Waals surface area contributed by atoms with Gasteiger partial charge in [0.05, 0.1) is 28.9 Å². The van der Waals surface area contributed by atoms with E-state index in [2.05, 4.69) is 4.99 Å². The number of sulfonamides is 1. The van der Waals surface area contributed by atoms with Crippen molar-refractivity contribution in [3.05, 3.63) is 52.8 Å². The number of morpholine rings is 1. The molecule has 10 heteroatoms. The van der Waals surface area contributed by atoms with E-state index in [1.807, 2.05) is 43.7 Å². The second kappa shape index (κ2) is 8.78. The van der Waals surface area contributed by atoms with Crippen molar-refractivity contribution in [2.75, 3.05) is 20.2 Å². The number of aromatic nitrogens is 1. The Kier molecular flexibility index (Phi) is 6.22. The average Bonchev–Trinajstić information content (AvgIpc) is 3.08. The van der Waals surface area contributed by atoms with E-state index in [0.717, 1.165) is 10.2 Å². The van der Waals surface area contributed by atoms with Crippen LogP contribution in [0.4, 0.5) is 0 Å². The Morgan fingerprint density at radius 1 is 1.12 bits per heavy atom. The minimum Gasteiger partial charge on any atom is -0.495 e. The van der Waals surface area contributed by atoms with Crippen molar-refractivity contribution in [3.8, 4) is 5.75 Å². The topological polar surface area (TPSA) is 90.2 Å². The highest BCUT2D eigenvalue weighted by Gasteiger charge is 2.32. The third-order valence-electron chi connectivity index (χ3n) is 5.33. The molecule has 0 spiro atoms. The summed E-state index contributed by atoms with van der Waals surface area (Å²) in [6.45, 7) is 4.30. The fraction of sp³-hybridized carbons (Fsp3) is 0.364. The Morgan fingerprint density at radius 2 is 1.78 bits per heavy atom. The van der Waals surface area contributed by atoms with Gasteiger partial charge in [-0.3, -0.25) is 4.79 Å². The molecular formula is C22H25N3O5S2. The van der Waals surface area contributed by atoms with Crippen LogP contribution < -0.4 is 9.54 Å². The molecule has 0 N–H and O–H groups in total. The second-order valence-electron chi connectivity index (χ2n) is 7.77. The lowest BCUT2D eigenvalue weighted by molar-refractivity contribution is -0.0440. The number of hydrogen-bond donors (Lipinski definition) is 0. The van der Waals surface area contributed by atoms with Crippen molar-refractivity contribution in [1.29, 1.82) is 0 Å². The summed E-state index contributed by atoms with van der Waals surface area (Å²) in [5, 5.41) is 0. The third kappa shape index (κ3) is 4.23. The number of carbonyl (C=O) groups is 1. The first-order chi connectivity index (χ1) is 15.2. The number of fused-ring (bicyclic) bond motifs is 1. The Hall–Kier alpha value is -2.53. The summed E-state index contributed by atoms with van der Waals surface area (Å²) < 4.78 is 41.2. The van der Waals surface area contributed by atoms with Crippen LogP contribution in [0.15, 0.2) is 52.4 Å². The van der Waals surface area contributed by atoms with E-state index >= 15 is 0 Å². The van der Waals surface area contributed by atoms with Gasteiger partial charge in [-0.05, 0) is 50.2 Å². The molecule has 8 nitrogen and oxygen atoms in total. The standard InChI is InChI=1S/C22H25N3O5S2/c1-14-12-25(13-15(2)30-14)32(27,28)17-10-8-16(9-11-17)21(26)23-22-24(3)20-18(29-4)6-5-7-19(20)31-22/h5-11,14-15H,12-13H2,1-4H3/t14-,15+. The predicted octanol–water partition coefficient (Wildman–Crippen LogP) is 2.79. The molecule has 2 heterocycles. The molecular weight excluding hydrogens is 450 g/mol. The van der Waals surface area contributed by atoms with Gasteiger partial charge in [-0.15, -0.1) is 0 Å². The number of aryl methyl sites for hydroxylation is 1. The molecule has 2 atom stereocenters. The SMILES string of the molecule is COc1cccc2sc(=NC(=O)c3ccc(S(=O)(=O)N4C[C@@H](C)O[C@@H](C)C4)cc3)n(C)c12. The molecule has 1 aliphatic rings. The maximum atomic E-state index is 13.0. The van der Waals surface area contributed by atoms with Gasteiger partial charge in [-0.2, -0.15) is 9.30 Å². The molecule has 0 saturated carbocycles. The highest BCUT2D eigenvalue weighted by molar-refractivity contribution is 7.89. The monoisotopic (exact) mass is 475 g/mol. The highest BCUT2D eigenvalue weighted by atomic mass is 32.2. The van der Waals surface area contributed by atoms with Gasteiger partial charge < -0.3 is 14.0 Å². The van der Waals surface area contributed by atoms with Crippen LogP contribution in [0.5, 0.6) is 5.75 Å². The number of amides is 1. The second-order valence-corrected chi connectivity index (χ2v) is 10.7. The molecule has 2 aromatic carbocycles. The van der Waals surface area contributed by atoms with Gasteiger partial charge in [0.1, 0.15) is 11.3 Å². The number of para-hydroxylation sites is 1. The van der Waals surface area contributed by atoms with Crippen molar-refractivity contribution >= 4 is 37.5 Å². The van der Waals surface area contributed by atoms with Crippen LogP contribution in [-0.2, 0) is 21.8 Å². The first-order valence-corrected chi connectivity index (χ1v) is 12.4. The molecule has 3 aromatic rings. The number of nitrogens with zero attached hydrogens (tertiary/aromatic N) is 3. The molecule has 170 valence electrons. The van der Waals surface area contributed by atoms with Crippen molar-refractivity contribution in [2.24, 2.45) is 12.0 Å². The quantitative estimate of drug-likeness (QED) is 0.579. The van der Waals surface area contributed by atoms with Crippen molar-refractivity contribution in [1.82, 2.24) is 8.87 Å². The van der Waals surface area contributed by atoms with Gasteiger partial charge >= 0.3 is 0 Å². The lowest BCUT2D eigenvalue weighted by Crippen LogP contribution is -2.48. The lowest BCUT2D eigenvalue weighted by atomic mass is 10.2. The Bertz CT molecular complexity index is 1320. The summed E-state index contributed by atoms with van der Waals surface area (Å²) in [5.41, 5.74) is 1.18. The summed E-state index contributed by atoms with van der Waals surface area (Å²) in [4.78, 5) is 17.7. The molecule has 1 aliphatic heterocycles. The zero-order valence-corrected chi connectivity index (χ0v) is 19.9. The van der Waals surface area contributed by atoms with Crippen LogP contribution >= 0.6 is 11.3 Å². The van der Waals surface area contributed by atoms with E-state index in [0.29, 0.717) is 29.2 Å². The number of hydrogen-bond acceptors (Lipinski definition) is 6. The first kappa shape index (κ1) is 22.7. The van der Waals surface area contributed by atoms with Crippen molar-refractivity contribution in [3.63, 3.8) is 0 Å². The molecule has 32 heavy (non-hydrogen) atoms. The zero-order valence-electron chi connectivity index (χ0n) is 18.3. The highest BCUT2D eigenvalue weighted by Crippen LogP contribution is 2.26. The van der Waals surface area contributed by atoms with Gasteiger partial charge in [-0.1, -0.05) is 17.4 Å². The minimum absolute atomic E-state index is 0.146. The van der Waals surface area contributed by atoms with Gasteiger partial charge in [0.2, 0.25) is 10.0 Å². The normalized spacial score (nSPS) is 20.6. The molecule has 1 saturated heterocycles. The van der Waals surface area contributed by atoms with E-state index in [1.54, 1.807) is 7.11 Å². The predicted molar refractivity (Wildman–Crippen MR) is 122 cm³/mol. The van der Waals surface area contributed by atoms with Crippen LogP contribution in [0.25, 0.3) is 10.2 Å². The molecule has 4 rings (SSSR count). The first-order valence-electron chi connectivity index (χ1n) is 10.2. The molecule has 1 fully saturated rings. The number of thiazole rings is 1. The van der Waals surface area contributed by atoms with Crippen molar-refractivity contribution in [2.45, 2.75) is 31.0 Å². The summed E-state index contributed by atoms with van der Waals surface area (Å²) in [5.74, 6) is 0.264. The van der Waals surface area contributed by atoms with Crippen molar-refractivity contribution < 1.29 is 22.7 Å². The molecule has 0 aliphatic carbocycles. The summed E-state index contributed by atoms with van der Waals surface area (Å²) in [6.07, 6.45) is -0.345. The largest absolute Gasteiger partial charge is 0.495 e. The van der Waals surface area contributed by atoms with Gasteiger partial charge in [0, 0.05) is 25.7 Å². The van der Waals surface area contributed by atoms with Crippen LogP contribution in [0.2, 0.25) is 0 Å². The third-order valence-corrected chi connectivity index (χ3v) is 8.27. The fourth-order valence-corrected chi connectivity index (χ4v) is 6.46. The minimum atomic E-state index is -3.67. The van der Waals surface area contributed by atoms with Gasteiger partial charge in [0.25, 0.3) is 5.91 Å². The van der Waals surface area contributed by atoms with Crippen LogP contribution in [-0.4, -0.2) is 55.6 Å². The van der Waals surface area contributed by atoms with Crippen LogP contribution in [0, 0.1) is 0 Å². The average molecular weight is 476 g/mol. The number of rotatable bonds is 4. The Balaban J connectivity index is 1.62. The maximum Gasteiger partial charge on any atom is 0.279 e. The molecule has 0 radical (unpaired) electrons. The van der Waals surface area contributed by atoms with E-state index < -0.39 is 15.9 Å². The van der Waals surface area contributed by atoms with E-state index in [9.17, 15) is 13.2 Å². The molecule has 0 bridgehead atoms. The number of methoxy groups -OCH3 is 1. The number of benzene rings is 2. The summed E-state index contributed by atoms with van der Waals surface area (Å²) in [7, 11) is -0.239. The smallest absolute Gasteiger partial charge is 0.279 e. The zero-order chi connectivity index (χ0) is 23.0. The number of carbonyl (C=O) groups excluding carboxylic acids is 1. The Morgan fingerprint density at radius 3 is 2.41 bits per heavy atom. The molecule has 1 aromatic heterocycles. The van der Waals surface area contributed by atoms with E-state index in [-0.39, 0.29) is 17.1 Å². The fourth-order valence-electron chi connectivity index (χ4n) is 3.84. The Labute approximate surface area is 190 Å². The summed E-state index contributed by atoms with van der Waals surface area (Å²) >= 11 is 1.38. The van der Waals surface area contributed by atoms with Gasteiger partial charge in [-0.25, -0.2) is 8.42 Å². The summed E-state index contributed by atoms with van der Waals surface area (Å²) in [6, 6.07) is 11.6. The van der Waals surface area contributed by atoms with E-state index in [1.165, 1.54) is 39.9 Å². The van der Waals surface area contributed by atoms with E-state index in [4.69, 9.17) is 9.47 Å². The van der Waals surface area contributed by atoms with Crippen LogP contribution in [0.3, 0.4) is 0 Å². The van der Waals surface area contributed by atoms with Gasteiger partial charge in [0.15, 0.2) is 4.80 Å². The number of ether oxygens (including phenoxy) is 2.